The predicted octanol–water partition coefficient (Wildman–Crippen LogP) is 4.25. The molecule has 1 fully saturated rings. The molecule has 2 aromatic rings. The molecular formula is C27H34N2O5. The lowest BCUT2D eigenvalue weighted by Crippen LogP contribution is -2.35. The van der Waals surface area contributed by atoms with Crippen molar-refractivity contribution < 1.29 is 24.2 Å². The van der Waals surface area contributed by atoms with Crippen molar-refractivity contribution in [1.29, 1.82) is 0 Å². The van der Waals surface area contributed by atoms with E-state index in [0.717, 1.165) is 24.2 Å². The van der Waals surface area contributed by atoms with Gasteiger partial charge in [0.2, 0.25) is 0 Å². The number of nitrogens with zero attached hydrogens (tertiary/aromatic N) is 2. The van der Waals surface area contributed by atoms with Gasteiger partial charge in [-0.15, -0.1) is 0 Å². The molecule has 1 saturated heterocycles. The van der Waals surface area contributed by atoms with Gasteiger partial charge in [-0.1, -0.05) is 25.5 Å². The fraction of sp³-hybridized carbons (Fsp3) is 0.407. The minimum atomic E-state index is -0.684. The third-order valence-electron chi connectivity index (χ3n) is 5.73. The number of hydrogen-bond acceptors (Lipinski definition) is 6. The first-order chi connectivity index (χ1) is 16.4. The first-order valence-electron chi connectivity index (χ1n) is 11.8. The quantitative estimate of drug-likeness (QED) is 0.231. The molecule has 1 aliphatic heterocycles. The molecular weight excluding hydrogens is 432 g/mol. The molecule has 182 valence electrons. The number of likely N-dealkylation sites (N-methyl/N-ethyl adjacent to an activating group) is 1. The lowest BCUT2D eigenvalue weighted by molar-refractivity contribution is -0.140. The number of hydrogen-bond donors (Lipinski definition) is 1. The molecule has 1 amide bonds. The number of aliphatic hydroxyl groups excluding tert-OH is 1. The first kappa shape index (κ1) is 25.3. The Bertz CT molecular complexity index is 1010. The third-order valence-corrected chi connectivity index (χ3v) is 5.73. The fourth-order valence-corrected chi connectivity index (χ4v) is 3.88. The van der Waals surface area contributed by atoms with Gasteiger partial charge in [-0.2, -0.15) is 0 Å². The van der Waals surface area contributed by atoms with E-state index < -0.39 is 17.7 Å². The van der Waals surface area contributed by atoms with Crippen LogP contribution in [0.4, 0.5) is 0 Å². The molecule has 0 aliphatic carbocycles. The summed E-state index contributed by atoms with van der Waals surface area (Å²) < 4.78 is 11.2. The van der Waals surface area contributed by atoms with E-state index in [1.807, 2.05) is 50.2 Å². The van der Waals surface area contributed by atoms with Crippen molar-refractivity contribution in [2.75, 3.05) is 40.4 Å². The van der Waals surface area contributed by atoms with Crippen molar-refractivity contribution in [3.05, 3.63) is 65.2 Å². The van der Waals surface area contributed by atoms with Crippen molar-refractivity contribution in [3.63, 3.8) is 0 Å². The Balaban J connectivity index is 2.00. The Hall–Kier alpha value is -3.32. The number of carbonyl (C=O) groups excluding carboxylic acids is 2. The maximum Gasteiger partial charge on any atom is 0.295 e. The van der Waals surface area contributed by atoms with Crippen LogP contribution < -0.4 is 9.47 Å². The van der Waals surface area contributed by atoms with Gasteiger partial charge in [0.15, 0.2) is 0 Å². The minimum Gasteiger partial charge on any atom is -0.507 e. The van der Waals surface area contributed by atoms with E-state index in [2.05, 4.69) is 6.92 Å². The maximum atomic E-state index is 13.1. The number of Topliss-reactive ketones (excluding diaryl/α,β-unsaturated/α-hetero) is 1. The smallest absolute Gasteiger partial charge is 0.295 e. The number of likely N-dealkylation sites (tertiary alicyclic amines) is 1. The van der Waals surface area contributed by atoms with Crippen molar-refractivity contribution in [3.8, 4) is 11.5 Å². The molecule has 1 N–H and O–H groups in total. The summed E-state index contributed by atoms with van der Waals surface area (Å²) in [7, 11) is 3.82. The van der Waals surface area contributed by atoms with Crippen molar-refractivity contribution in [1.82, 2.24) is 9.80 Å². The molecule has 0 bridgehead atoms. The van der Waals surface area contributed by atoms with E-state index in [4.69, 9.17) is 9.47 Å². The van der Waals surface area contributed by atoms with Crippen LogP contribution in [-0.2, 0) is 9.59 Å². The van der Waals surface area contributed by atoms with Gasteiger partial charge < -0.3 is 24.4 Å². The van der Waals surface area contributed by atoms with Gasteiger partial charge >= 0.3 is 0 Å². The Kier molecular flexibility index (Phi) is 8.71. The summed E-state index contributed by atoms with van der Waals surface area (Å²) in [6.07, 6.45) is 2.01. The van der Waals surface area contributed by atoms with Crippen molar-refractivity contribution in [2.45, 2.75) is 32.7 Å². The fourth-order valence-electron chi connectivity index (χ4n) is 3.88. The average Bonchev–Trinajstić information content (AvgIpc) is 3.08. The van der Waals surface area contributed by atoms with Gasteiger partial charge in [-0.3, -0.25) is 9.59 Å². The monoisotopic (exact) mass is 466 g/mol. The molecule has 2 aromatic carbocycles. The number of amides is 1. The van der Waals surface area contributed by atoms with E-state index >= 15 is 0 Å². The van der Waals surface area contributed by atoms with E-state index in [1.54, 1.807) is 24.3 Å². The number of unbranched alkanes of at least 4 members (excludes halogenated alkanes) is 1. The predicted molar refractivity (Wildman–Crippen MR) is 132 cm³/mol. The summed E-state index contributed by atoms with van der Waals surface area (Å²) in [5, 5.41) is 11.2. The van der Waals surface area contributed by atoms with Crippen LogP contribution in [0.3, 0.4) is 0 Å². The summed E-state index contributed by atoms with van der Waals surface area (Å²) in [6.45, 7) is 6.11. The largest absolute Gasteiger partial charge is 0.507 e. The van der Waals surface area contributed by atoms with E-state index in [9.17, 15) is 14.7 Å². The molecule has 0 aromatic heterocycles. The van der Waals surface area contributed by atoms with Gasteiger partial charge in [-0.25, -0.2) is 0 Å². The van der Waals surface area contributed by atoms with Gasteiger partial charge in [-0.05, 0) is 69.4 Å². The first-order valence-corrected chi connectivity index (χ1v) is 11.8. The molecule has 1 atom stereocenters. The minimum absolute atomic E-state index is 0.0903. The second kappa shape index (κ2) is 11.7. The van der Waals surface area contributed by atoms with Crippen LogP contribution in [0.5, 0.6) is 11.5 Å². The standard InChI is InChI=1S/C27H34N2O5/c1-5-7-18-34-22-12-8-19(9-13-22)24-23(26(31)27(32)29(24)17-16-28(3)4)25(30)20-10-14-21(15-11-20)33-6-2/h8-15,24,30H,5-7,16-18H2,1-4H3/b25-23+. The molecule has 1 aliphatic rings. The lowest BCUT2D eigenvalue weighted by Gasteiger charge is -2.26. The zero-order chi connectivity index (χ0) is 24.7. The summed E-state index contributed by atoms with van der Waals surface area (Å²) in [5.41, 5.74) is 1.29. The van der Waals surface area contributed by atoms with Gasteiger partial charge in [0, 0.05) is 18.7 Å². The van der Waals surface area contributed by atoms with Gasteiger partial charge in [0.1, 0.15) is 17.3 Å². The highest BCUT2D eigenvalue weighted by molar-refractivity contribution is 6.46. The molecule has 7 nitrogen and oxygen atoms in total. The highest BCUT2D eigenvalue weighted by Gasteiger charge is 2.45. The Morgan fingerprint density at radius 3 is 2.18 bits per heavy atom. The highest BCUT2D eigenvalue weighted by Crippen LogP contribution is 2.39. The number of ketones is 1. The molecule has 1 heterocycles. The van der Waals surface area contributed by atoms with Crippen molar-refractivity contribution in [2.24, 2.45) is 0 Å². The summed E-state index contributed by atoms with van der Waals surface area (Å²) in [6, 6.07) is 13.6. The zero-order valence-corrected chi connectivity index (χ0v) is 20.4. The van der Waals surface area contributed by atoms with E-state index in [1.165, 1.54) is 4.90 Å². The van der Waals surface area contributed by atoms with E-state index in [-0.39, 0.29) is 11.3 Å². The molecule has 7 heteroatoms. The SMILES string of the molecule is CCCCOc1ccc(C2/C(=C(\O)c3ccc(OCC)cc3)C(=O)C(=O)N2CCN(C)C)cc1. The van der Waals surface area contributed by atoms with Crippen LogP contribution in [0.15, 0.2) is 54.1 Å². The summed E-state index contributed by atoms with van der Waals surface area (Å²) in [4.78, 5) is 29.6. The number of carbonyl (C=O) groups is 2. The number of rotatable bonds is 11. The zero-order valence-electron chi connectivity index (χ0n) is 20.4. The van der Waals surface area contributed by atoms with Crippen LogP contribution in [0.25, 0.3) is 5.76 Å². The summed E-state index contributed by atoms with van der Waals surface area (Å²) in [5.74, 6) is -0.0855. The molecule has 0 spiro atoms. The third kappa shape index (κ3) is 5.78. The Morgan fingerprint density at radius 1 is 0.971 bits per heavy atom. The molecule has 34 heavy (non-hydrogen) atoms. The normalized spacial score (nSPS) is 17.4. The second-order valence-corrected chi connectivity index (χ2v) is 8.52. The van der Waals surface area contributed by atoms with Crippen LogP contribution in [0.1, 0.15) is 43.9 Å². The average molecular weight is 467 g/mol. The number of benzene rings is 2. The molecule has 1 unspecified atom stereocenters. The Morgan fingerprint density at radius 2 is 1.59 bits per heavy atom. The van der Waals surface area contributed by atoms with Crippen molar-refractivity contribution >= 4 is 17.4 Å². The van der Waals surface area contributed by atoms with Crippen LogP contribution in [0.2, 0.25) is 0 Å². The van der Waals surface area contributed by atoms with Gasteiger partial charge in [0.05, 0.1) is 24.8 Å². The topological polar surface area (TPSA) is 79.3 Å². The lowest BCUT2D eigenvalue weighted by atomic mass is 9.95. The molecule has 0 saturated carbocycles. The maximum absolute atomic E-state index is 13.1. The molecule has 3 rings (SSSR count). The van der Waals surface area contributed by atoms with Gasteiger partial charge in [0.25, 0.3) is 11.7 Å². The molecule has 0 radical (unpaired) electrons. The van der Waals surface area contributed by atoms with Crippen LogP contribution in [-0.4, -0.2) is 67.0 Å². The van der Waals surface area contributed by atoms with Crippen LogP contribution >= 0.6 is 0 Å². The second-order valence-electron chi connectivity index (χ2n) is 8.52. The highest BCUT2D eigenvalue weighted by atomic mass is 16.5. The Labute approximate surface area is 201 Å². The van der Waals surface area contributed by atoms with Crippen LogP contribution in [0, 0.1) is 0 Å². The summed E-state index contributed by atoms with van der Waals surface area (Å²) >= 11 is 0. The number of aliphatic hydroxyl groups is 1. The van der Waals surface area contributed by atoms with E-state index in [0.29, 0.717) is 37.6 Å². The number of ether oxygens (including phenoxy) is 2.